The van der Waals surface area contributed by atoms with Crippen LogP contribution in [0.3, 0.4) is 0 Å². The van der Waals surface area contributed by atoms with Gasteiger partial charge in [-0.1, -0.05) is 0 Å². The van der Waals surface area contributed by atoms with Crippen LogP contribution in [0.4, 0.5) is 0 Å². The van der Waals surface area contributed by atoms with E-state index >= 15 is 0 Å². The summed E-state index contributed by atoms with van der Waals surface area (Å²) in [4.78, 5) is 11.8. The molecular weight excluding hydrogens is 224 g/mol. The highest BCUT2D eigenvalue weighted by molar-refractivity contribution is 5.77. The Kier molecular flexibility index (Phi) is 2.48. The Hall–Kier alpha value is -0.570. The van der Waals surface area contributed by atoms with E-state index in [0.29, 0.717) is 17.9 Å². The first-order chi connectivity index (χ1) is 8.73. The molecule has 4 saturated carbocycles. The number of amides is 1. The molecule has 1 heterocycles. The predicted octanol–water partition coefficient (Wildman–Crippen LogP) is 1.68. The van der Waals surface area contributed by atoms with Gasteiger partial charge in [0.25, 0.3) is 0 Å². The van der Waals surface area contributed by atoms with Crippen molar-refractivity contribution < 1.29 is 4.79 Å². The van der Waals surface area contributed by atoms with Crippen molar-refractivity contribution in [1.29, 1.82) is 0 Å². The molecular formula is C15H24N2O. The Morgan fingerprint density at radius 1 is 0.944 bits per heavy atom. The molecule has 0 spiro atoms. The molecule has 18 heavy (non-hydrogen) atoms. The molecule has 4 bridgehead atoms. The summed E-state index contributed by atoms with van der Waals surface area (Å²) in [6.07, 6.45) is 9.35. The molecule has 5 aliphatic rings. The monoisotopic (exact) mass is 248 g/mol. The standard InChI is InChI=1S/C15H24N2O/c18-14-6-13(16-1-2-17-14)15-7-10-3-11(8-15)5-12(4-10)9-15/h10-13,16H,1-9H2,(H,17,18). The summed E-state index contributed by atoms with van der Waals surface area (Å²) < 4.78 is 0. The van der Waals surface area contributed by atoms with Gasteiger partial charge in [0.05, 0.1) is 0 Å². The molecule has 1 amide bonds. The van der Waals surface area contributed by atoms with Crippen LogP contribution in [0, 0.1) is 23.2 Å². The summed E-state index contributed by atoms with van der Waals surface area (Å²) >= 11 is 0. The minimum absolute atomic E-state index is 0.265. The Balaban J connectivity index is 1.60. The second-order valence-corrected chi connectivity index (χ2v) is 7.34. The number of carbonyl (C=O) groups excluding carboxylic acids is 1. The van der Waals surface area contributed by atoms with Crippen LogP contribution in [0.15, 0.2) is 0 Å². The van der Waals surface area contributed by atoms with Crippen molar-refractivity contribution in [3.63, 3.8) is 0 Å². The second-order valence-electron chi connectivity index (χ2n) is 7.34. The van der Waals surface area contributed by atoms with E-state index in [4.69, 9.17) is 0 Å². The molecule has 5 fully saturated rings. The van der Waals surface area contributed by atoms with Gasteiger partial charge in [-0.05, 0) is 61.7 Å². The molecule has 1 unspecified atom stereocenters. The third-order valence-electron chi connectivity index (χ3n) is 6.05. The van der Waals surface area contributed by atoms with E-state index in [9.17, 15) is 4.79 Å². The average Bonchev–Trinajstić information content (AvgIpc) is 2.52. The van der Waals surface area contributed by atoms with Crippen LogP contribution in [0.2, 0.25) is 0 Å². The molecule has 0 aromatic carbocycles. The smallest absolute Gasteiger partial charge is 0.221 e. The zero-order chi connectivity index (χ0) is 12.2. The maximum Gasteiger partial charge on any atom is 0.221 e. The predicted molar refractivity (Wildman–Crippen MR) is 70.0 cm³/mol. The van der Waals surface area contributed by atoms with Gasteiger partial charge >= 0.3 is 0 Å². The van der Waals surface area contributed by atoms with Gasteiger partial charge in [0.1, 0.15) is 0 Å². The van der Waals surface area contributed by atoms with Crippen LogP contribution in [0.25, 0.3) is 0 Å². The molecule has 4 aliphatic carbocycles. The number of rotatable bonds is 1. The zero-order valence-corrected chi connectivity index (χ0v) is 11.1. The van der Waals surface area contributed by atoms with Crippen LogP contribution in [-0.2, 0) is 4.79 Å². The third kappa shape index (κ3) is 1.70. The molecule has 3 heteroatoms. The van der Waals surface area contributed by atoms with Gasteiger partial charge in [-0.25, -0.2) is 0 Å². The molecule has 3 nitrogen and oxygen atoms in total. The SMILES string of the molecule is O=C1CC(C23CC4CC(CC(C4)C2)C3)NCCN1. The molecule has 0 radical (unpaired) electrons. The summed E-state index contributed by atoms with van der Waals surface area (Å²) in [5.74, 6) is 3.19. The zero-order valence-electron chi connectivity index (χ0n) is 11.1. The van der Waals surface area contributed by atoms with E-state index in [1.54, 1.807) is 0 Å². The van der Waals surface area contributed by atoms with Gasteiger partial charge in [0.2, 0.25) is 5.91 Å². The van der Waals surface area contributed by atoms with Crippen molar-refractivity contribution >= 4 is 5.91 Å². The highest BCUT2D eigenvalue weighted by Gasteiger charge is 2.54. The first-order valence-electron chi connectivity index (χ1n) is 7.74. The first kappa shape index (κ1) is 11.3. The lowest BCUT2D eigenvalue weighted by Crippen LogP contribution is -2.56. The van der Waals surface area contributed by atoms with Crippen molar-refractivity contribution in [3.05, 3.63) is 0 Å². The topological polar surface area (TPSA) is 41.1 Å². The maximum atomic E-state index is 11.8. The maximum absolute atomic E-state index is 11.8. The van der Waals surface area contributed by atoms with E-state index in [2.05, 4.69) is 10.6 Å². The van der Waals surface area contributed by atoms with Crippen LogP contribution >= 0.6 is 0 Å². The van der Waals surface area contributed by atoms with E-state index < -0.39 is 0 Å². The lowest BCUT2D eigenvalue weighted by Gasteiger charge is -2.59. The highest BCUT2D eigenvalue weighted by Crippen LogP contribution is 2.61. The largest absolute Gasteiger partial charge is 0.355 e. The van der Waals surface area contributed by atoms with Crippen molar-refractivity contribution in [1.82, 2.24) is 10.6 Å². The summed E-state index contributed by atoms with van der Waals surface area (Å²) in [6.45, 7) is 1.76. The Bertz CT molecular complexity index is 330. The normalized spacial score (nSPS) is 51.0. The summed E-state index contributed by atoms with van der Waals surface area (Å²) in [5, 5.41) is 6.69. The average molecular weight is 248 g/mol. The molecule has 5 rings (SSSR count). The van der Waals surface area contributed by atoms with Crippen LogP contribution < -0.4 is 10.6 Å². The first-order valence-corrected chi connectivity index (χ1v) is 7.74. The molecule has 2 N–H and O–H groups in total. The Labute approximate surface area is 109 Å². The molecule has 0 aromatic heterocycles. The minimum atomic E-state index is 0.265. The van der Waals surface area contributed by atoms with Gasteiger partial charge in [-0.2, -0.15) is 0 Å². The van der Waals surface area contributed by atoms with E-state index in [-0.39, 0.29) is 5.91 Å². The van der Waals surface area contributed by atoms with Gasteiger partial charge in [0, 0.05) is 25.6 Å². The number of hydrogen-bond acceptors (Lipinski definition) is 2. The fourth-order valence-corrected chi connectivity index (χ4v) is 5.82. The fourth-order valence-electron chi connectivity index (χ4n) is 5.82. The minimum Gasteiger partial charge on any atom is -0.355 e. The van der Waals surface area contributed by atoms with Gasteiger partial charge in [-0.15, -0.1) is 0 Å². The van der Waals surface area contributed by atoms with Gasteiger partial charge in [-0.3, -0.25) is 4.79 Å². The van der Waals surface area contributed by atoms with E-state index in [1.807, 2.05) is 0 Å². The molecule has 1 aliphatic heterocycles. The lowest BCUT2D eigenvalue weighted by atomic mass is 9.47. The number of hydrogen-bond donors (Lipinski definition) is 2. The summed E-state index contributed by atoms with van der Waals surface area (Å²) in [7, 11) is 0. The van der Waals surface area contributed by atoms with Crippen LogP contribution in [0.1, 0.15) is 44.9 Å². The van der Waals surface area contributed by atoms with Crippen LogP contribution in [0.5, 0.6) is 0 Å². The van der Waals surface area contributed by atoms with E-state index in [0.717, 1.165) is 30.8 Å². The van der Waals surface area contributed by atoms with E-state index in [1.165, 1.54) is 38.5 Å². The van der Waals surface area contributed by atoms with Crippen molar-refractivity contribution in [2.45, 2.75) is 51.0 Å². The van der Waals surface area contributed by atoms with Crippen LogP contribution in [-0.4, -0.2) is 25.0 Å². The summed E-state index contributed by atoms with van der Waals surface area (Å²) in [5.41, 5.74) is 0.469. The van der Waals surface area contributed by atoms with Crippen molar-refractivity contribution in [2.75, 3.05) is 13.1 Å². The quantitative estimate of drug-likeness (QED) is 0.741. The van der Waals surface area contributed by atoms with Crippen molar-refractivity contribution in [2.24, 2.45) is 23.2 Å². The van der Waals surface area contributed by atoms with Gasteiger partial charge in [0.15, 0.2) is 0 Å². The van der Waals surface area contributed by atoms with Crippen molar-refractivity contribution in [3.8, 4) is 0 Å². The molecule has 1 atom stereocenters. The highest BCUT2D eigenvalue weighted by atomic mass is 16.1. The second kappa shape index (κ2) is 3.96. The molecule has 1 saturated heterocycles. The van der Waals surface area contributed by atoms with Gasteiger partial charge < -0.3 is 10.6 Å². The lowest BCUT2D eigenvalue weighted by molar-refractivity contribution is -0.124. The number of carbonyl (C=O) groups is 1. The summed E-state index contributed by atoms with van der Waals surface area (Å²) in [6, 6.07) is 0.452. The number of nitrogens with one attached hydrogen (secondary N) is 2. The Morgan fingerprint density at radius 2 is 1.56 bits per heavy atom. The fraction of sp³-hybridized carbons (Fsp3) is 0.933. The molecule has 0 aromatic rings. The Morgan fingerprint density at radius 3 is 2.17 bits per heavy atom. The molecule has 100 valence electrons. The third-order valence-corrected chi connectivity index (χ3v) is 6.05.